The molecule has 2 aromatic heterocycles. The van der Waals surface area contributed by atoms with Crippen LogP contribution in [0, 0.1) is 0 Å². The number of aromatic nitrogens is 2. The Bertz CT molecular complexity index is 697. The quantitative estimate of drug-likeness (QED) is 0.857. The molecule has 0 aliphatic heterocycles. The number of H-pyrrole nitrogens is 1. The maximum Gasteiger partial charge on any atom is 0.259 e. The molecule has 0 saturated heterocycles. The number of thiophene rings is 1. The van der Waals surface area contributed by atoms with Crippen molar-refractivity contribution in [2.75, 3.05) is 13.1 Å². The zero-order valence-electron chi connectivity index (χ0n) is 13.9. The minimum atomic E-state index is -0.770. The lowest BCUT2D eigenvalue weighted by Crippen LogP contribution is -2.38. The fourth-order valence-electron chi connectivity index (χ4n) is 2.39. The van der Waals surface area contributed by atoms with Gasteiger partial charge in [-0.1, -0.05) is 20.8 Å². The molecule has 2 rings (SSSR count). The van der Waals surface area contributed by atoms with E-state index >= 15 is 0 Å². The van der Waals surface area contributed by atoms with Crippen LogP contribution in [0.15, 0.2) is 10.9 Å². The smallest absolute Gasteiger partial charge is 0.259 e. The van der Waals surface area contributed by atoms with Crippen LogP contribution in [0.3, 0.4) is 0 Å². The Kier molecular flexibility index (Phi) is 5.04. The Morgan fingerprint density at radius 2 is 2.14 bits per heavy atom. The second-order valence-corrected chi connectivity index (χ2v) is 7.71. The van der Waals surface area contributed by atoms with E-state index in [9.17, 15) is 9.90 Å². The molecule has 122 valence electrons. The van der Waals surface area contributed by atoms with Crippen LogP contribution in [0.25, 0.3) is 10.2 Å². The van der Waals surface area contributed by atoms with Gasteiger partial charge >= 0.3 is 0 Å². The Balaban J connectivity index is 2.30. The van der Waals surface area contributed by atoms with E-state index in [1.807, 2.05) is 13.0 Å². The Morgan fingerprint density at radius 3 is 2.68 bits per heavy atom. The minimum absolute atomic E-state index is 0.0811. The van der Waals surface area contributed by atoms with Gasteiger partial charge in [-0.3, -0.25) is 9.69 Å². The van der Waals surface area contributed by atoms with Gasteiger partial charge in [-0.15, -0.1) is 11.3 Å². The molecule has 6 heteroatoms. The lowest BCUT2D eigenvalue weighted by molar-refractivity contribution is 0.0346. The Morgan fingerprint density at radius 1 is 1.45 bits per heavy atom. The van der Waals surface area contributed by atoms with Crippen molar-refractivity contribution in [1.29, 1.82) is 0 Å². The van der Waals surface area contributed by atoms with Crippen LogP contribution in [-0.2, 0) is 6.54 Å². The lowest BCUT2D eigenvalue weighted by Gasteiger charge is -2.27. The van der Waals surface area contributed by atoms with E-state index in [2.05, 4.69) is 28.7 Å². The van der Waals surface area contributed by atoms with Crippen LogP contribution in [0.2, 0.25) is 0 Å². The Hall–Kier alpha value is -1.24. The monoisotopic (exact) mass is 323 g/mol. The summed E-state index contributed by atoms with van der Waals surface area (Å²) in [7, 11) is 0. The molecule has 0 fully saturated rings. The molecular weight excluding hydrogens is 298 g/mol. The van der Waals surface area contributed by atoms with E-state index in [0.717, 1.165) is 11.4 Å². The van der Waals surface area contributed by atoms with Crippen LogP contribution >= 0.6 is 11.3 Å². The second-order valence-electron chi connectivity index (χ2n) is 6.65. The van der Waals surface area contributed by atoms with Crippen LogP contribution in [0.5, 0.6) is 0 Å². The molecule has 0 unspecified atom stereocenters. The summed E-state index contributed by atoms with van der Waals surface area (Å²) in [6, 6.07) is 1.94. The van der Waals surface area contributed by atoms with Crippen LogP contribution in [0.1, 0.15) is 51.2 Å². The summed E-state index contributed by atoms with van der Waals surface area (Å²) in [5.74, 6) is 1.05. The van der Waals surface area contributed by atoms with Crippen LogP contribution in [-0.4, -0.2) is 38.7 Å². The number of aromatic amines is 1. The van der Waals surface area contributed by atoms with Crippen molar-refractivity contribution in [3.05, 3.63) is 27.1 Å². The van der Waals surface area contributed by atoms with E-state index in [0.29, 0.717) is 30.2 Å². The zero-order valence-corrected chi connectivity index (χ0v) is 14.8. The van der Waals surface area contributed by atoms with Crippen molar-refractivity contribution in [2.24, 2.45) is 0 Å². The fraction of sp³-hybridized carbons (Fsp3) is 0.625. The average Bonchev–Trinajstić information content (AvgIpc) is 2.81. The topological polar surface area (TPSA) is 69.2 Å². The van der Waals surface area contributed by atoms with E-state index in [-0.39, 0.29) is 5.56 Å². The minimum Gasteiger partial charge on any atom is -0.389 e. The van der Waals surface area contributed by atoms with Gasteiger partial charge in [-0.05, 0) is 32.4 Å². The number of rotatable bonds is 6. The second kappa shape index (κ2) is 6.48. The third-order valence-electron chi connectivity index (χ3n) is 3.47. The first-order chi connectivity index (χ1) is 10.2. The summed E-state index contributed by atoms with van der Waals surface area (Å²) in [6.07, 6.45) is 0. The van der Waals surface area contributed by atoms with Gasteiger partial charge in [0, 0.05) is 11.4 Å². The number of hydrogen-bond acceptors (Lipinski definition) is 5. The number of nitrogens with one attached hydrogen (secondary N) is 1. The standard InChI is InChI=1S/C16H25N3O2S/c1-6-19(9-16(4,5)21)8-13-17-14(20)11-7-12(10(2)3)22-15(11)18-13/h7,10,21H,6,8-9H2,1-5H3,(H,17,18,20). The van der Waals surface area contributed by atoms with Crippen molar-refractivity contribution in [1.82, 2.24) is 14.9 Å². The first-order valence-corrected chi connectivity index (χ1v) is 8.48. The number of aliphatic hydroxyl groups is 1. The molecule has 0 aliphatic carbocycles. The van der Waals surface area contributed by atoms with Crippen molar-refractivity contribution < 1.29 is 5.11 Å². The van der Waals surface area contributed by atoms with Crippen LogP contribution in [0.4, 0.5) is 0 Å². The van der Waals surface area contributed by atoms with Gasteiger partial charge < -0.3 is 10.1 Å². The molecule has 0 amide bonds. The number of likely N-dealkylation sites (N-methyl/N-ethyl adjacent to an activating group) is 1. The number of nitrogens with zero attached hydrogens (tertiary/aromatic N) is 2. The highest BCUT2D eigenvalue weighted by Gasteiger charge is 2.19. The molecule has 0 aliphatic rings. The van der Waals surface area contributed by atoms with Crippen molar-refractivity contribution in [3.63, 3.8) is 0 Å². The molecular formula is C16H25N3O2S. The summed E-state index contributed by atoms with van der Waals surface area (Å²) in [5.41, 5.74) is -0.851. The van der Waals surface area contributed by atoms with E-state index < -0.39 is 5.60 Å². The van der Waals surface area contributed by atoms with E-state index in [1.165, 1.54) is 4.88 Å². The molecule has 0 spiro atoms. The van der Waals surface area contributed by atoms with Gasteiger partial charge in [0.2, 0.25) is 0 Å². The summed E-state index contributed by atoms with van der Waals surface area (Å²) in [4.78, 5) is 23.7. The molecule has 2 aromatic rings. The third kappa shape index (κ3) is 4.15. The molecule has 0 bridgehead atoms. The van der Waals surface area contributed by atoms with Gasteiger partial charge in [0.15, 0.2) is 0 Å². The summed E-state index contributed by atoms with van der Waals surface area (Å²) >= 11 is 1.58. The third-order valence-corrected chi connectivity index (χ3v) is 4.80. The SMILES string of the molecule is CCN(Cc1nc2sc(C(C)C)cc2c(=O)[nH]1)CC(C)(C)O. The molecule has 5 nitrogen and oxygen atoms in total. The average molecular weight is 323 g/mol. The van der Waals surface area contributed by atoms with Gasteiger partial charge in [0.25, 0.3) is 5.56 Å². The first kappa shape index (κ1) is 17.1. The van der Waals surface area contributed by atoms with Gasteiger partial charge in [0.1, 0.15) is 10.7 Å². The summed E-state index contributed by atoms with van der Waals surface area (Å²) in [6.45, 7) is 11.7. The highest BCUT2D eigenvalue weighted by molar-refractivity contribution is 7.18. The predicted molar refractivity (Wildman–Crippen MR) is 91.6 cm³/mol. The molecule has 0 aromatic carbocycles. The normalized spacial score (nSPS) is 12.7. The number of fused-ring (bicyclic) bond motifs is 1. The predicted octanol–water partition coefficient (Wildman–Crippen LogP) is 2.70. The van der Waals surface area contributed by atoms with Gasteiger partial charge in [-0.2, -0.15) is 0 Å². The molecule has 0 saturated carbocycles. The molecule has 2 heterocycles. The largest absolute Gasteiger partial charge is 0.389 e. The van der Waals surface area contributed by atoms with Crippen molar-refractivity contribution >= 4 is 21.6 Å². The van der Waals surface area contributed by atoms with E-state index in [1.54, 1.807) is 25.2 Å². The maximum atomic E-state index is 12.2. The molecule has 0 radical (unpaired) electrons. The summed E-state index contributed by atoms with van der Waals surface area (Å²) < 4.78 is 0. The maximum absolute atomic E-state index is 12.2. The van der Waals surface area contributed by atoms with Gasteiger partial charge in [-0.25, -0.2) is 4.98 Å². The number of hydrogen-bond donors (Lipinski definition) is 2. The van der Waals surface area contributed by atoms with Crippen molar-refractivity contribution in [2.45, 2.75) is 52.7 Å². The molecule has 2 N–H and O–H groups in total. The highest BCUT2D eigenvalue weighted by atomic mass is 32.1. The molecule has 0 atom stereocenters. The fourth-order valence-corrected chi connectivity index (χ4v) is 3.45. The van der Waals surface area contributed by atoms with E-state index in [4.69, 9.17) is 0 Å². The molecule has 22 heavy (non-hydrogen) atoms. The van der Waals surface area contributed by atoms with Gasteiger partial charge in [0.05, 0.1) is 17.5 Å². The van der Waals surface area contributed by atoms with Crippen molar-refractivity contribution in [3.8, 4) is 0 Å². The zero-order chi connectivity index (χ0) is 16.5. The lowest BCUT2D eigenvalue weighted by atomic mass is 10.1. The highest BCUT2D eigenvalue weighted by Crippen LogP contribution is 2.27. The first-order valence-electron chi connectivity index (χ1n) is 7.67. The van der Waals surface area contributed by atoms with Crippen LogP contribution < -0.4 is 5.56 Å². The Labute approximate surface area is 135 Å². The summed E-state index contributed by atoms with van der Waals surface area (Å²) in [5, 5.41) is 10.6.